The lowest BCUT2D eigenvalue weighted by atomic mass is 9.94. The lowest BCUT2D eigenvalue weighted by molar-refractivity contribution is -0.113. The number of nitrogens with one attached hydrogen (secondary N) is 2. The highest BCUT2D eigenvalue weighted by Crippen LogP contribution is 2.36. The van der Waals surface area contributed by atoms with Crippen LogP contribution in [0.2, 0.25) is 0 Å². The van der Waals surface area contributed by atoms with Gasteiger partial charge in [0.15, 0.2) is 0 Å². The first-order valence-electron chi connectivity index (χ1n) is 11.9. The molecule has 0 saturated carbocycles. The van der Waals surface area contributed by atoms with Crippen molar-refractivity contribution in [2.45, 2.75) is 40.3 Å². The normalized spacial score (nSPS) is 14.7. The lowest BCUT2D eigenvalue weighted by Gasteiger charge is -2.29. The summed E-state index contributed by atoms with van der Waals surface area (Å²) >= 11 is 0. The molecule has 1 atom stereocenters. The Bertz CT molecular complexity index is 1450. The van der Waals surface area contributed by atoms with Crippen molar-refractivity contribution in [3.05, 3.63) is 112 Å². The van der Waals surface area contributed by atoms with Gasteiger partial charge in [0.1, 0.15) is 24.7 Å². The van der Waals surface area contributed by atoms with Crippen LogP contribution in [0.1, 0.15) is 40.8 Å². The van der Waals surface area contributed by atoms with Crippen molar-refractivity contribution < 1.29 is 9.53 Å². The lowest BCUT2D eigenvalue weighted by Crippen LogP contribution is -2.31. The fourth-order valence-corrected chi connectivity index (χ4v) is 4.55. The van der Waals surface area contributed by atoms with E-state index < -0.39 is 6.04 Å². The minimum absolute atomic E-state index is 0.183. The molecule has 5 rings (SSSR count). The van der Waals surface area contributed by atoms with Crippen LogP contribution in [0.15, 0.2) is 84.3 Å². The first kappa shape index (κ1) is 23.4. The second-order valence-corrected chi connectivity index (χ2v) is 9.21. The van der Waals surface area contributed by atoms with Gasteiger partial charge in [0.25, 0.3) is 5.91 Å². The molecular formula is C29H29N5O2. The minimum atomic E-state index is -0.430. The zero-order valence-corrected chi connectivity index (χ0v) is 20.9. The first-order chi connectivity index (χ1) is 17.4. The van der Waals surface area contributed by atoms with Crippen molar-refractivity contribution in [3.63, 3.8) is 0 Å². The van der Waals surface area contributed by atoms with Crippen LogP contribution in [-0.4, -0.2) is 20.7 Å². The van der Waals surface area contributed by atoms with Crippen LogP contribution in [0.3, 0.4) is 0 Å². The Kier molecular flexibility index (Phi) is 6.29. The Morgan fingerprint density at radius 2 is 1.78 bits per heavy atom. The zero-order valence-electron chi connectivity index (χ0n) is 20.9. The average molecular weight is 480 g/mol. The van der Waals surface area contributed by atoms with E-state index in [1.54, 1.807) is 4.68 Å². The van der Waals surface area contributed by atoms with Gasteiger partial charge in [-0.1, -0.05) is 59.7 Å². The summed E-state index contributed by atoms with van der Waals surface area (Å²) in [5.74, 6) is 1.17. The summed E-state index contributed by atoms with van der Waals surface area (Å²) in [5, 5.41) is 10.7. The van der Waals surface area contributed by atoms with Crippen LogP contribution in [0.5, 0.6) is 5.75 Å². The maximum absolute atomic E-state index is 13.6. The van der Waals surface area contributed by atoms with Gasteiger partial charge in [-0.2, -0.15) is 10.1 Å². The van der Waals surface area contributed by atoms with E-state index in [0.29, 0.717) is 18.1 Å². The molecule has 7 heteroatoms. The van der Waals surface area contributed by atoms with Crippen molar-refractivity contribution in [1.82, 2.24) is 14.8 Å². The highest BCUT2D eigenvalue weighted by molar-refractivity contribution is 6.06. The number of fused-ring (bicyclic) bond motifs is 1. The summed E-state index contributed by atoms with van der Waals surface area (Å²) in [6, 6.07) is 21.6. The predicted molar refractivity (Wildman–Crippen MR) is 141 cm³/mol. The fraction of sp³-hybridized carbons (Fsp3) is 0.207. The van der Waals surface area contributed by atoms with Crippen molar-refractivity contribution >= 4 is 17.5 Å². The van der Waals surface area contributed by atoms with Gasteiger partial charge in [-0.15, -0.1) is 0 Å². The molecule has 1 unspecified atom stereocenters. The second-order valence-electron chi connectivity index (χ2n) is 9.21. The van der Waals surface area contributed by atoms with Gasteiger partial charge in [-0.25, -0.2) is 4.68 Å². The Hall–Kier alpha value is -4.39. The Balaban J connectivity index is 1.42. The topological polar surface area (TPSA) is 81.1 Å². The summed E-state index contributed by atoms with van der Waals surface area (Å²) in [7, 11) is 0. The van der Waals surface area contributed by atoms with Crippen molar-refractivity contribution in [2.24, 2.45) is 0 Å². The van der Waals surface area contributed by atoms with Crippen LogP contribution in [0.25, 0.3) is 0 Å². The van der Waals surface area contributed by atoms with E-state index in [9.17, 15) is 4.79 Å². The Morgan fingerprint density at radius 1 is 1.00 bits per heavy atom. The van der Waals surface area contributed by atoms with Gasteiger partial charge in [0.05, 0.1) is 5.57 Å². The second kappa shape index (κ2) is 9.70. The van der Waals surface area contributed by atoms with Crippen LogP contribution in [-0.2, 0) is 11.4 Å². The van der Waals surface area contributed by atoms with Gasteiger partial charge < -0.3 is 15.4 Å². The number of rotatable bonds is 6. The molecule has 1 aliphatic rings. The third kappa shape index (κ3) is 4.73. The molecule has 4 aromatic rings. The molecule has 3 aromatic carbocycles. The minimum Gasteiger partial charge on any atom is -0.489 e. The molecule has 0 radical (unpaired) electrons. The maximum Gasteiger partial charge on any atom is 0.255 e. The fourth-order valence-electron chi connectivity index (χ4n) is 4.55. The van der Waals surface area contributed by atoms with Crippen molar-refractivity contribution in [2.75, 3.05) is 10.6 Å². The summed E-state index contributed by atoms with van der Waals surface area (Å²) in [4.78, 5) is 17.9. The molecule has 1 aromatic heterocycles. The predicted octanol–water partition coefficient (Wildman–Crippen LogP) is 5.71. The Morgan fingerprint density at radius 3 is 2.53 bits per heavy atom. The summed E-state index contributed by atoms with van der Waals surface area (Å²) in [6.45, 7) is 8.48. The molecular weight excluding hydrogens is 450 g/mol. The molecule has 0 bridgehead atoms. The van der Waals surface area contributed by atoms with E-state index in [2.05, 4.69) is 51.9 Å². The van der Waals surface area contributed by atoms with Gasteiger partial charge >= 0.3 is 0 Å². The highest BCUT2D eigenvalue weighted by atomic mass is 16.5. The van der Waals surface area contributed by atoms with E-state index in [1.165, 1.54) is 11.9 Å². The number of ether oxygens (including phenoxy) is 1. The highest BCUT2D eigenvalue weighted by Gasteiger charge is 2.33. The van der Waals surface area contributed by atoms with Crippen molar-refractivity contribution in [1.29, 1.82) is 0 Å². The number of aryl methyl sites for hydroxylation is 3. The number of hydrogen-bond donors (Lipinski definition) is 2. The molecule has 2 N–H and O–H groups in total. The van der Waals surface area contributed by atoms with E-state index in [4.69, 9.17) is 4.74 Å². The number of amides is 1. The molecule has 0 saturated heterocycles. The number of nitrogens with zero attached hydrogens (tertiary/aromatic N) is 3. The molecule has 182 valence electrons. The molecule has 7 nitrogen and oxygen atoms in total. The standard InChI is InChI=1S/C29H29N5O2/c1-18-6-5-7-22(15-18)16-36-24-11-9-23(10-12-24)27-26(21(4)32-29-30-17-31-34(27)29)28(35)33-25-13-8-19(2)14-20(25)3/h5-15,17,27H,16H2,1-4H3,(H,33,35)(H,30,31,32). The van der Waals surface area contributed by atoms with Gasteiger partial charge in [0, 0.05) is 11.4 Å². The largest absolute Gasteiger partial charge is 0.489 e. The van der Waals surface area contributed by atoms with Gasteiger partial charge in [-0.05, 0) is 62.6 Å². The Labute approximate surface area is 210 Å². The number of anilines is 2. The number of benzene rings is 3. The van der Waals surface area contributed by atoms with E-state index in [0.717, 1.165) is 39.4 Å². The van der Waals surface area contributed by atoms with Gasteiger partial charge in [0.2, 0.25) is 5.95 Å². The quantitative estimate of drug-likeness (QED) is 0.370. The molecule has 2 heterocycles. The van der Waals surface area contributed by atoms with E-state index in [1.807, 2.05) is 63.2 Å². The summed E-state index contributed by atoms with van der Waals surface area (Å²) in [5.41, 5.74) is 7.51. The van der Waals surface area contributed by atoms with Crippen LogP contribution in [0, 0.1) is 20.8 Å². The smallest absolute Gasteiger partial charge is 0.255 e. The van der Waals surface area contributed by atoms with Crippen LogP contribution in [0.4, 0.5) is 11.6 Å². The molecule has 0 fully saturated rings. The monoisotopic (exact) mass is 479 g/mol. The molecule has 1 aliphatic heterocycles. The molecule has 0 spiro atoms. The number of carbonyl (C=O) groups excluding carboxylic acids is 1. The maximum atomic E-state index is 13.6. The molecule has 1 amide bonds. The average Bonchev–Trinajstić information content (AvgIpc) is 3.32. The number of allylic oxidation sites excluding steroid dienone is 1. The summed E-state index contributed by atoms with van der Waals surface area (Å²) in [6.07, 6.45) is 1.49. The van der Waals surface area contributed by atoms with Gasteiger partial charge in [-0.3, -0.25) is 4.79 Å². The first-order valence-corrected chi connectivity index (χ1v) is 11.9. The van der Waals surface area contributed by atoms with E-state index in [-0.39, 0.29) is 5.91 Å². The van der Waals surface area contributed by atoms with Crippen LogP contribution < -0.4 is 15.4 Å². The zero-order chi connectivity index (χ0) is 25.2. The van der Waals surface area contributed by atoms with Crippen LogP contribution >= 0.6 is 0 Å². The number of carbonyl (C=O) groups is 1. The number of aromatic nitrogens is 3. The SMILES string of the molecule is CC1=C(C(=O)Nc2ccc(C)cc2C)C(c2ccc(OCc3cccc(C)c3)cc2)n2ncnc2N1. The molecule has 0 aliphatic carbocycles. The molecule has 36 heavy (non-hydrogen) atoms. The third-order valence-electron chi connectivity index (χ3n) is 6.35. The number of hydrogen-bond acceptors (Lipinski definition) is 5. The van der Waals surface area contributed by atoms with E-state index >= 15 is 0 Å². The van der Waals surface area contributed by atoms with Crippen molar-refractivity contribution in [3.8, 4) is 5.75 Å². The summed E-state index contributed by atoms with van der Waals surface area (Å²) < 4.78 is 7.75. The third-order valence-corrected chi connectivity index (χ3v) is 6.35.